The Hall–Kier alpha value is -2.58. The molecule has 0 aliphatic carbocycles. The van der Waals surface area contributed by atoms with Crippen LogP contribution < -0.4 is 15.6 Å². The lowest BCUT2D eigenvalue weighted by Crippen LogP contribution is -2.45. The molecule has 0 saturated carbocycles. The van der Waals surface area contributed by atoms with Gasteiger partial charge >= 0.3 is 0 Å². The van der Waals surface area contributed by atoms with Crippen LogP contribution in [0.3, 0.4) is 0 Å². The van der Waals surface area contributed by atoms with Gasteiger partial charge in [0.25, 0.3) is 0 Å². The van der Waals surface area contributed by atoms with Gasteiger partial charge in [-0.3, -0.25) is 15.2 Å². The minimum atomic E-state index is -0.747. The minimum Gasteiger partial charge on any atom is -0.489 e. The first-order valence-corrected chi connectivity index (χ1v) is 8.83. The number of carbonyl (C=O) groups excluding carboxylic acids is 1. The molecule has 0 spiro atoms. The maximum Gasteiger partial charge on any atom is 0.241 e. The number of pyridine rings is 1. The third kappa shape index (κ3) is 4.99. The van der Waals surface area contributed by atoms with Crippen molar-refractivity contribution >= 4 is 5.91 Å². The summed E-state index contributed by atoms with van der Waals surface area (Å²) in [5.41, 5.74) is 6.99. The van der Waals surface area contributed by atoms with Crippen molar-refractivity contribution in [2.45, 2.75) is 32.0 Å². The Morgan fingerprint density at radius 2 is 2.04 bits per heavy atom. The summed E-state index contributed by atoms with van der Waals surface area (Å²) in [6.07, 6.45) is 3.91. The largest absolute Gasteiger partial charge is 0.489 e. The Balaban J connectivity index is 1.52. The lowest BCUT2D eigenvalue weighted by molar-refractivity contribution is -0.133. The molecular weight excluding hydrogens is 354 g/mol. The zero-order valence-electron chi connectivity index (χ0n) is 15.0. The second-order valence-corrected chi connectivity index (χ2v) is 6.37. The van der Waals surface area contributed by atoms with Crippen LogP contribution in [0.5, 0.6) is 5.75 Å². The Bertz CT molecular complexity index is 776. The highest BCUT2D eigenvalue weighted by Crippen LogP contribution is 2.19. The van der Waals surface area contributed by atoms with Gasteiger partial charge in [0.1, 0.15) is 18.5 Å². The zero-order valence-corrected chi connectivity index (χ0v) is 15.0. The van der Waals surface area contributed by atoms with Crippen LogP contribution >= 0.6 is 0 Å². The van der Waals surface area contributed by atoms with Gasteiger partial charge in [-0.1, -0.05) is 0 Å². The van der Waals surface area contributed by atoms with Crippen molar-refractivity contribution in [1.82, 2.24) is 20.7 Å². The molecule has 1 aliphatic heterocycles. The fourth-order valence-corrected chi connectivity index (χ4v) is 2.95. The highest BCUT2D eigenvalue weighted by Gasteiger charge is 2.32. The van der Waals surface area contributed by atoms with Crippen molar-refractivity contribution in [3.05, 3.63) is 59.9 Å². The number of likely N-dealkylation sites (N-methyl/N-ethyl adjacent to an activating group) is 1. The number of nitrogens with one attached hydrogen (secondary N) is 2. The lowest BCUT2D eigenvalue weighted by Gasteiger charge is -2.24. The van der Waals surface area contributed by atoms with Gasteiger partial charge < -0.3 is 9.64 Å². The van der Waals surface area contributed by atoms with Gasteiger partial charge in [-0.25, -0.2) is 14.2 Å². The Morgan fingerprint density at radius 3 is 2.74 bits per heavy atom. The zero-order chi connectivity index (χ0) is 19.2. The SMILES string of the molecule is CCN(Cc1ccncc1)C(=O)C1CC(COc2ccc(F)cc2F)NN1. The number of ether oxygens (including phenoxy) is 1. The molecule has 2 unspecified atom stereocenters. The van der Waals surface area contributed by atoms with Crippen molar-refractivity contribution in [2.75, 3.05) is 13.2 Å². The number of halogens is 2. The molecule has 1 aromatic heterocycles. The fourth-order valence-electron chi connectivity index (χ4n) is 2.95. The van der Waals surface area contributed by atoms with Gasteiger partial charge in [0.05, 0.1) is 6.04 Å². The molecule has 1 saturated heterocycles. The number of rotatable bonds is 7. The van der Waals surface area contributed by atoms with Crippen molar-refractivity contribution < 1.29 is 18.3 Å². The van der Waals surface area contributed by atoms with Crippen molar-refractivity contribution in [2.24, 2.45) is 0 Å². The Kier molecular flexibility index (Phi) is 6.31. The summed E-state index contributed by atoms with van der Waals surface area (Å²) in [7, 11) is 0. The molecule has 6 nitrogen and oxygen atoms in total. The summed E-state index contributed by atoms with van der Waals surface area (Å²) in [5, 5.41) is 0. The van der Waals surface area contributed by atoms with E-state index in [1.165, 1.54) is 6.07 Å². The predicted octanol–water partition coefficient (Wildman–Crippen LogP) is 2.02. The van der Waals surface area contributed by atoms with Crippen LogP contribution in [0.25, 0.3) is 0 Å². The number of amides is 1. The van der Waals surface area contributed by atoms with E-state index in [4.69, 9.17) is 4.74 Å². The third-order valence-electron chi connectivity index (χ3n) is 4.43. The summed E-state index contributed by atoms with van der Waals surface area (Å²) >= 11 is 0. The summed E-state index contributed by atoms with van der Waals surface area (Å²) in [6, 6.07) is 6.38. The molecule has 2 atom stereocenters. The summed E-state index contributed by atoms with van der Waals surface area (Å²) in [5.74, 6) is -1.43. The molecule has 0 radical (unpaired) electrons. The molecule has 1 fully saturated rings. The molecule has 27 heavy (non-hydrogen) atoms. The van der Waals surface area contributed by atoms with Gasteiger partial charge in [-0.2, -0.15) is 0 Å². The average Bonchev–Trinajstić information content (AvgIpc) is 3.15. The van der Waals surface area contributed by atoms with Gasteiger partial charge in [0, 0.05) is 31.5 Å². The molecule has 0 bridgehead atoms. The topological polar surface area (TPSA) is 66.5 Å². The molecule has 3 rings (SSSR count). The lowest BCUT2D eigenvalue weighted by atomic mass is 10.1. The van der Waals surface area contributed by atoms with E-state index in [9.17, 15) is 13.6 Å². The summed E-state index contributed by atoms with van der Waals surface area (Å²) < 4.78 is 32.0. The van der Waals surface area contributed by atoms with E-state index in [2.05, 4.69) is 15.8 Å². The normalized spacial score (nSPS) is 19.1. The van der Waals surface area contributed by atoms with Crippen LogP contribution in [-0.2, 0) is 11.3 Å². The standard InChI is InChI=1S/C19H22F2N4O2/c1-2-25(11-13-5-7-22-8-6-13)19(26)17-10-15(23-24-17)12-27-18-4-3-14(20)9-16(18)21/h3-9,15,17,23-24H,2,10-12H2,1H3. The van der Waals surface area contributed by atoms with E-state index in [1.807, 2.05) is 19.1 Å². The number of hydrogen-bond donors (Lipinski definition) is 2. The molecule has 1 aliphatic rings. The van der Waals surface area contributed by atoms with Crippen molar-refractivity contribution in [3.63, 3.8) is 0 Å². The maximum atomic E-state index is 13.6. The fraction of sp³-hybridized carbons (Fsp3) is 0.368. The predicted molar refractivity (Wildman–Crippen MR) is 95.6 cm³/mol. The van der Waals surface area contributed by atoms with Crippen LogP contribution in [0.15, 0.2) is 42.7 Å². The number of hydrazine groups is 1. The third-order valence-corrected chi connectivity index (χ3v) is 4.43. The smallest absolute Gasteiger partial charge is 0.241 e. The highest BCUT2D eigenvalue weighted by atomic mass is 19.1. The molecule has 144 valence electrons. The first kappa shape index (κ1) is 19.2. The Labute approximate surface area is 156 Å². The molecule has 2 N–H and O–H groups in total. The summed E-state index contributed by atoms with van der Waals surface area (Å²) in [6.45, 7) is 3.19. The number of aromatic nitrogens is 1. The second-order valence-electron chi connectivity index (χ2n) is 6.37. The van der Waals surface area contributed by atoms with E-state index in [-0.39, 0.29) is 24.3 Å². The Morgan fingerprint density at radius 1 is 1.26 bits per heavy atom. The van der Waals surface area contributed by atoms with Crippen LogP contribution in [0.4, 0.5) is 8.78 Å². The molecule has 1 amide bonds. The van der Waals surface area contributed by atoms with Crippen molar-refractivity contribution in [1.29, 1.82) is 0 Å². The first-order valence-electron chi connectivity index (χ1n) is 8.83. The van der Waals surface area contributed by atoms with E-state index < -0.39 is 17.7 Å². The monoisotopic (exact) mass is 376 g/mol. The molecule has 8 heteroatoms. The number of nitrogens with zero attached hydrogens (tertiary/aromatic N) is 2. The minimum absolute atomic E-state index is 0.0131. The maximum absolute atomic E-state index is 13.6. The van der Waals surface area contributed by atoms with Crippen LogP contribution in [0.1, 0.15) is 18.9 Å². The molecular formula is C19H22F2N4O2. The van der Waals surface area contributed by atoms with Gasteiger partial charge in [-0.15, -0.1) is 0 Å². The molecule has 2 aromatic rings. The van der Waals surface area contributed by atoms with Gasteiger partial charge in [-0.05, 0) is 43.2 Å². The molecule has 2 heterocycles. The number of benzene rings is 1. The van der Waals surface area contributed by atoms with Crippen LogP contribution in [-0.4, -0.2) is 41.0 Å². The van der Waals surface area contributed by atoms with Gasteiger partial charge in [0.15, 0.2) is 11.6 Å². The van der Waals surface area contributed by atoms with Crippen molar-refractivity contribution in [3.8, 4) is 5.75 Å². The highest BCUT2D eigenvalue weighted by molar-refractivity contribution is 5.82. The van der Waals surface area contributed by atoms with Crippen LogP contribution in [0, 0.1) is 11.6 Å². The average molecular weight is 376 g/mol. The van der Waals surface area contributed by atoms with E-state index in [1.54, 1.807) is 17.3 Å². The van der Waals surface area contributed by atoms with Crippen LogP contribution in [0.2, 0.25) is 0 Å². The van der Waals surface area contributed by atoms with E-state index in [0.29, 0.717) is 19.5 Å². The number of hydrogen-bond acceptors (Lipinski definition) is 5. The second kappa shape index (κ2) is 8.88. The molecule has 1 aromatic carbocycles. The summed E-state index contributed by atoms with van der Waals surface area (Å²) in [4.78, 5) is 18.5. The quantitative estimate of drug-likeness (QED) is 0.774. The van der Waals surface area contributed by atoms with E-state index >= 15 is 0 Å². The number of carbonyl (C=O) groups is 1. The van der Waals surface area contributed by atoms with Gasteiger partial charge in [0.2, 0.25) is 5.91 Å². The first-order chi connectivity index (χ1) is 13.1. The van der Waals surface area contributed by atoms with E-state index in [0.717, 1.165) is 17.7 Å².